The molecule has 2 heterocycles. The van der Waals surface area contributed by atoms with E-state index in [2.05, 4.69) is 17.6 Å². The van der Waals surface area contributed by atoms with Gasteiger partial charge in [0.2, 0.25) is 11.8 Å². The molecule has 1 atom stereocenters. The number of imide groups is 2. The Balaban J connectivity index is 1.28. The molecule has 214 valence electrons. The minimum atomic E-state index is -1.00. The number of nitrogens with one attached hydrogen (secondary N) is 2. The molecule has 1 saturated heterocycles. The quantitative estimate of drug-likeness (QED) is 0.162. The molecule has 0 spiro atoms. The number of amides is 4. The Bertz CT molecular complexity index is 1030. The fraction of sp³-hybridized carbons (Fsp3) is 0.607. The maximum atomic E-state index is 13.1. The highest BCUT2D eigenvalue weighted by Crippen LogP contribution is 2.32. The molecule has 2 aliphatic heterocycles. The van der Waals surface area contributed by atoms with Gasteiger partial charge >= 0.3 is 5.97 Å². The Morgan fingerprint density at radius 2 is 1.67 bits per heavy atom. The summed E-state index contributed by atoms with van der Waals surface area (Å²) < 4.78 is 16.1. The zero-order valence-electron chi connectivity index (χ0n) is 22.6. The van der Waals surface area contributed by atoms with E-state index in [0.717, 1.165) is 24.2 Å². The van der Waals surface area contributed by atoms with Crippen LogP contribution in [0.3, 0.4) is 0 Å². The Labute approximate surface area is 228 Å². The number of hydrogen-bond acceptors (Lipinski definition) is 9. The predicted octanol–water partition coefficient (Wildman–Crippen LogP) is 2.83. The predicted molar refractivity (Wildman–Crippen MR) is 142 cm³/mol. The molecule has 1 unspecified atom stereocenters. The van der Waals surface area contributed by atoms with Crippen LogP contribution in [0, 0.1) is 0 Å². The van der Waals surface area contributed by atoms with Crippen molar-refractivity contribution in [2.24, 2.45) is 0 Å². The average molecular weight is 546 g/mol. The summed E-state index contributed by atoms with van der Waals surface area (Å²) >= 11 is 0. The second-order valence-corrected chi connectivity index (χ2v) is 9.57. The van der Waals surface area contributed by atoms with Gasteiger partial charge in [-0.25, -0.2) is 0 Å². The molecule has 1 aromatic carbocycles. The number of unbranched alkanes of at least 4 members (excludes halogenated alkanes) is 5. The lowest BCUT2D eigenvalue weighted by Gasteiger charge is -2.27. The molecule has 1 aromatic rings. The van der Waals surface area contributed by atoms with Gasteiger partial charge in [-0.2, -0.15) is 0 Å². The normalized spacial score (nSPS) is 16.8. The van der Waals surface area contributed by atoms with Gasteiger partial charge < -0.3 is 19.5 Å². The number of ether oxygens (including phenoxy) is 3. The van der Waals surface area contributed by atoms with Crippen molar-refractivity contribution < 1.29 is 38.2 Å². The van der Waals surface area contributed by atoms with Crippen LogP contribution in [0.25, 0.3) is 0 Å². The Morgan fingerprint density at radius 3 is 2.44 bits per heavy atom. The highest BCUT2D eigenvalue weighted by molar-refractivity contribution is 6.25. The van der Waals surface area contributed by atoms with Gasteiger partial charge in [-0.15, -0.1) is 0 Å². The van der Waals surface area contributed by atoms with Crippen molar-refractivity contribution in [1.29, 1.82) is 0 Å². The van der Waals surface area contributed by atoms with Gasteiger partial charge in [-0.1, -0.05) is 45.1 Å². The number of piperidine rings is 1. The fourth-order valence-corrected chi connectivity index (χ4v) is 4.58. The standard InChI is InChI=1S/C28H39N3O8/c1-2-3-4-5-6-7-11-24(33)39-19-18-38-17-16-37-15-14-29-21-10-8-9-20-25(21)28(36)31(27(20)35)22-12-13-23(32)30-26(22)34/h8-10,22,29H,2-7,11-19H2,1H3,(H,30,32,34). The first-order valence-electron chi connectivity index (χ1n) is 13.8. The first-order chi connectivity index (χ1) is 18.9. The molecule has 2 N–H and O–H groups in total. The lowest BCUT2D eigenvalue weighted by atomic mass is 10.0. The Morgan fingerprint density at radius 1 is 0.949 bits per heavy atom. The second-order valence-electron chi connectivity index (χ2n) is 9.57. The summed E-state index contributed by atoms with van der Waals surface area (Å²) in [5, 5.41) is 5.30. The van der Waals surface area contributed by atoms with E-state index in [4.69, 9.17) is 14.2 Å². The third kappa shape index (κ3) is 8.86. The van der Waals surface area contributed by atoms with Crippen LogP contribution in [-0.4, -0.2) is 80.1 Å². The van der Waals surface area contributed by atoms with E-state index >= 15 is 0 Å². The third-order valence-electron chi connectivity index (χ3n) is 6.63. The van der Waals surface area contributed by atoms with Gasteiger partial charge in [-0.3, -0.25) is 34.2 Å². The summed E-state index contributed by atoms with van der Waals surface area (Å²) in [5.41, 5.74) is 0.904. The van der Waals surface area contributed by atoms with Crippen molar-refractivity contribution >= 4 is 35.3 Å². The monoisotopic (exact) mass is 545 g/mol. The summed E-state index contributed by atoms with van der Waals surface area (Å²) in [6.45, 7) is 4.12. The van der Waals surface area contributed by atoms with Crippen LogP contribution in [-0.2, 0) is 28.6 Å². The molecule has 39 heavy (non-hydrogen) atoms. The van der Waals surface area contributed by atoms with E-state index in [-0.39, 0.29) is 36.5 Å². The number of esters is 1. The summed E-state index contributed by atoms with van der Waals surface area (Å²) in [4.78, 5) is 62.3. The molecule has 1 fully saturated rings. The highest BCUT2D eigenvalue weighted by atomic mass is 16.6. The molecule has 0 aromatic heterocycles. The van der Waals surface area contributed by atoms with Crippen LogP contribution in [0.15, 0.2) is 18.2 Å². The lowest BCUT2D eigenvalue weighted by molar-refractivity contribution is -0.145. The molecule has 4 amide bonds. The number of carbonyl (C=O) groups is 5. The molecular weight excluding hydrogens is 506 g/mol. The van der Waals surface area contributed by atoms with E-state index in [1.54, 1.807) is 18.2 Å². The molecule has 0 saturated carbocycles. The van der Waals surface area contributed by atoms with Gasteiger partial charge in [0.15, 0.2) is 0 Å². The van der Waals surface area contributed by atoms with Gasteiger partial charge in [0.1, 0.15) is 12.6 Å². The number of carbonyl (C=O) groups excluding carboxylic acids is 5. The Hall–Kier alpha value is -3.31. The summed E-state index contributed by atoms with van der Waals surface area (Å²) in [6.07, 6.45) is 7.37. The van der Waals surface area contributed by atoms with Crippen molar-refractivity contribution in [2.75, 3.05) is 44.9 Å². The van der Waals surface area contributed by atoms with E-state index in [0.29, 0.717) is 45.1 Å². The SMILES string of the molecule is CCCCCCCCC(=O)OCCOCCOCCNc1cccc2c1C(=O)N(C1CCC(=O)NC1=O)C2=O. The summed E-state index contributed by atoms with van der Waals surface area (Å²) in [7, 11) is 0. The van der Waals surface area contributed by atoms with E-state index in [9.17, 15) is 24.0 Å². The topological polar surface area (TPSA) is 140 Å². The van der Waals surface area contributed by atoms with Gasteiger partial charge in [-0.05, 0) is 25.0 Å². The van der Waals surface area contributed by atoms with E-state index in [1.807, 2.05) is 0 Å². The molecular formula is C28H39N3O8. The van der Waals surface area contributed by atoms with Crippen molar-refractivity contribution in [1.82, 2.24) is 10.2 Å². The molecule has 0 aliphatic carbocycles. The van der Waals surface area contributed by atoms with Crippen LogP contribution < -0.4 is 10.6 Å². The minimum Gasteiger partial charge on any atom is -0.463 e. The number of anilines is 1. The van der Waals surface area contributed by atoms with Crippen molar-refractivity contribution in [3.63, 3.8) is 0 Å². The van der Waals surface area contributed by atoms with Crippen molar-refractivity contribution in [3.8, 4) is 0 Å². The van der Waals surface area contributed by atoms with Crippen LogP contribution in [0.1, 0.15) is 85.4 Å². The zero-order valence-corrected chi connectivity index (χ0v) is 22.6. The second kappa shape index (κ2) is 15.9. The smallest absolute Gasteiger partial charge is 0.305 e. The van der Waals surface area contributed by atoms with Crippen LogP contribution in [0.2, 0.25) is 0 Å². The van der Waals surface area contributed by atoms with Gasteiger partial charge in [0.25, 0.3) is 11.8 Å². The lowest BCUT2D eigenvalue weighted by Crippen LogP contribution is -2.54. The largest absolute Gasteiger partial charge is 0.463 e. The van der Waals surface area contributed by atoms with Crippen LogP contribution in [0.5, 0.6) is 0 Å². The molecule has 11 nitrogen and oxygen atoms in total. The molecule has 0 bridgehead atoms. The highest BCUT2D eigenvalue weighted by Gasteiger charge is 2.45. The maximum absolute atomic E-state index is 13.1. The summed E-state index contributed by atoms with van der Waals surface area (Å²) in [6, 6.07) is 3.89. The maximum Gasteiger partial charge on any atom is 0.305 e. The first-order valence-corrected chi connectivity index (χ1v) is 13.8. The first kappa shape index (κ1) is 30.2. The number of hydrogen-bond donors (Lipinski definition) is 2. The number of benzene rings is 1. The third-order valence-corrected chi connectivity index (χ3v) is 6.63. The van der Waals surface area contributed by atoms with Crippen LogP contribution >= 0.6 is 0 Å². The average Bonchev–Trinajstić information content (AvgIpc) is 3.17. The number of fused-ring (bicyclic) bond motifs is 1. The fourth-order valence-electron chi connectivity index (χ4n) is 4.58. The summed E-state index contributed by atoms with van der Waals surface area (Å²) in [5.74, 6) is -2.35. The van der Waals surface area contributed by atoms with Crippen molar-refractivity contribution in [2.45, 2.75) is 70.8 Å². The minimum absolute atomic E-state index is 0.0698. The molecule has 2 aliphatic rings. The molecule has 0 radical (unpaired) electrons. The molecule has 3 rings (SSSR count). The van der Waals surface area contributed by atoms with E-state index in [1.165, 1.54) is 19.3 Å². The van der Waals surface area contributed by atoms with Gasteiger partial charge in [0, 0.05) is 25.1 Å². The number of nitrogens with zero attached hydrogens (tertiary/aromatic N) is 1. The van der Waals surface area contributed by atoms with Crippen molar-refractivity contribution in [3.05, 3.63) is 29.3 Å². The van der Waals surface area contributed by atoms with Gasteiger partial charge in [0.05, 0.1) is 37.6 Å². The zero-order chi connectivity index (χ0) is 28.0. The Kier molecular flexibility index (Phi) is 12.4. The number of rotatable bonds is 18. The van der Waals surface area contributed by atoms with Crippen LogP contribution in [0.4, 0.5) is 5.69 Å². The van der Waals surface area contributed by atoms with E-state index < -0.39 is 29.7 Å². The molecule has 11 heteroatoms.